The van der Waals surface area contributed by atoms with Crippen molar-refractivity contribution in [2.75, 3.05) is 6.61 Å². The third-order valence-electron chi connectivity index (χ3n) is 14.0. The highest BCUT2D eigenvalue weighted by atomic mass is 16.6. The molecule has 17 atom stereocenters. The molecule has 8 heterocycles. The average Bonchev–Trinajstić information content (AvgIpc) is 3.30. The van der Waals surface area contributed by atoms with Crippen LogP contribution in [-0.4, -0.2) is 118 Å². The van der Waals surface area contributed by atoms with E-state index in [1.54, 1.807) is 6.92 Å². The molecule has 0 aromatic heterocycles. The van der Waals surface area contributed by atoms with Crippen molar-refractivity contribution >= 4 is 0 Å². The molecule has 10 nitrogen and oxygen atoms in total. The highest BCUT2D eigenvalue weighted by Gasteiger charge is 2.63. The van der Waals surface area contributed by atoms with Crippen LogP contribution in [0.4, 0.5) is 0 Å². The van der Waals surface area contributed by atoms with Gasteiger partial charge in [-0.2, -0.15) is 0 Å². The molecule has 8 rings (SSSR count). The number of rotatable bonds is 7. The Morgan fingerprint density at radius 1 is 0.736 bits per heavy atom. The van der Waals surface area contributed by atoms with Crippen LogP contribution in [-0.2, 0) is 37.9 Å². The SMILES string of the molecule is C=CC/C=C\C=C/[C@H]1O[C@H]2C[C@H]3O[C@H]4CC[C@H]5O[C@H]6C[C@@]7(C)O[C@@]8(C)CC[C@H](CCCO)O[C@@H]8C[C@@H]7O[C@@H]6C[C@@H]5O[C@]4(C)C[C@]3(C)O[C@@H]2C=C[C@]1(C)O. The van der Waals surface area contributed by atoms with Crippen LogP contribution in [0.1, 0.15) is 112 Å². The van der Waals surface area contributed by atoms with Gasteiger partial charge in [0, 0.05) is 38.7 Å². The van der Waals surface area contributed by atoms with Crippen LogP contribution >= 0.6 is 0 Å². The molecule has 53 heavy (non-hydrogen) atoms. The van der Waals surface area contributed by atoms with Gasteiger partial charge in [-0.1, -0.05) is 42.5 Å². The molecule has 0 aromatic carbocycles. The number of allylic oxidation sites excluding steroid dienone is 4. The van der Waals surface area contributed by atoms with Gasteiger partial charge < -0.3 is 48.1 Å². The van der Waals surface area contributed by atoms with Gasteiger partial charge in [-0.15, -0.1) is 6.58 Å². The molecule has 0 bridgehead atoms. The lowest BCUT2D eigenvalue weighted by Gasteiger charge is -2.60. The molecule has 0 saturated carbocycles. The van der Waals surface area contributed by atoms with Crippen LogP contribution in [0, 0.1) is 0 Å². The second kappa shape index (κ2) is 14.5. The molecule has 2 N–H and O–H groups in total. The van der Waals surface area contributed by atoms with E-state index in [1.165, 1.54) is 0 Å². The first-order chi connectivity index (χ1) is 25.2. The number of hydrogen-bond acceptors (Lipinski definition) is 10. The van der Waals surface area contributed by atoms with E-state index in [9.17, 15) is 10.2 Å². The van der Waals surface area contributed by atoms with Gasteiger partial charge in [0.25, 0.3) is 0 Å². The van der Waals surface area contributed by atoms with Gasteiger partial charge in [-0.3, -0.25) is 0 Å². The van der Waals surface area contributed by atoms with Crippen LogP contribution in [0.5, 0.6) is 0 Å². The van der Waals surface area contributed by atoms with Crippen LogP contribution in [0.25, 0.3) is 0 Å². The molecular formula is C43H64O10. The monoisotopic (exact) mass is 740 g/mol. The van der Waals surface area contributed by atoms with Crippen LogP contribution < -0.4 is 0 Å². The molecule has 7 saturated heterocycles. The molecule has 0 radical (unpaired) electrons. The average molecular weight is 741 g/mol. The zero-order chi connectivity index (χ0) is 37.2. The second-order valence-electron chi connectivity index (χ2n) is 18.4. The van der Waals surface area contributed by atoms with Crippen molar-refractivity contribution in [1.29, 1.82) is 0 Å². The third kappa shape index (κ3) is 7.33. The summed E-state index contributed by atoms with van der Waals surface area (Å²) in [4.78, 5) is 0. The van der Waals surface area contributed by atoms with E-state index in [0.29, 0.717) is 12.8 Å². The number of fused-ring (bicyclic) bond motifs is 7. The first-order valence-corrected chi connectivity index (χ1v) is 20.5. The minimum absolute atomic E-state index is 0.0319. The maximum Gasteiger partial charge on any atom is 0.110 e. The lowest BCUT2D eigenvalue weighted by molar-refractivity contribution is -0.356. The van der Waals surface area contributed by atoms with Gasteiger partial charge in [-0.05, 0) is 79.6 Å². The molecule has 0 unspecified atom stereocenters. The van der Waals surface area contributed by atoms with Gasteiger partial charge in [0.05, 0.1) is 83.4 Å². The molecule has 0 aliphatic carbocycles. The summed E-state index contributed by atoms with van der Waals surface area (Å²) in [6.45, 7) is 14.5. The van der Waals surface area contributed by atoms with Crippen molar-refractivity contribution in [1.82, 2.24) is 0 Å². The normalized spacial score (nSPS) is 53.6. The Morgan fingerprint density at radius 3 is 2.34 bits per heavy atom. The minimum Gasteiger partial charge on any atom is -0.396 e. The van der Waals surface area contributed by atoms with Crippen molar-refractivity contribution in [2.24, 2.45) is 0 Å². The van der Waals surface area contributed by atoms with Crippen molar-refractivity contribution < 1.29 is 48.1 Å². The molecule has 10 heteroatoms. The Kier molecular flexibility index (Phi) is 10.5. The van der Waals surface area contributed by atoms with Gasteiger partial charge in [0.15, 0.2) is 0 Å². The zero-order valence-corrected chi connectivity index (χ0v) is 32.5. The second-order valence-corrected chi connectivity index (χ2v) is 18.4. The maximum absolute atomic E-state index is 11.3. The summed E-state index contributed by atoms with van der Waals surface area (Å²) in [5, 5.41) is 20.7. The van der Waals surface area contributed by atoms with Crippen molar-refractivity contribution in [3.05, 3.63) is 49.1 Å². The summed E-state index contributed by atoms with van der Waals surface area (Å²) in [5.74, 6) is 0. The molecule has 0 aromatic rings. The molecular weight excluding hydrogens is 676 g/mol. The molecule has 8 aliphatic rings. The van der Waals surface area contributed by atoms with E-state index in [4.69, 9.17) is 37.9 Å². The molecule has 7 fully saturated rings. The summed E-state index contributed by atoms with van der Waals surface area (Å²) in [6.07, 6.45) is 21.5. The van der Waals surface area contributed by atoms with Gasteiger partial charge in [0.2, 0.25) is 0 Å². The Bertz CT molecular complexity index is 1430. The van der Waals surface area contributed by atoms with Crippen molar-refractivity contribution in [3.63, 3.8) is 0 Å². The van der Waals surface area contributed by atoms with Crippen LogP contribution in [0.15, 0.2) is 49.1 Å². The van der Waals surface area contributed by atoms with E-state index in [2.05, 4.69) is 34.3 Å². The minimum atomic E-state index is -1.18. The molecule has 296 valence electrons. The summed E-state index contributed by atoms with van der Waals surface area (Å²) in [5.41, 5.74) is -3.16. The van der Waals surface area contributed by atoms with E-state index in [0.717, 1.165) is 64.2 Å². The Morgan fingerprint density at radius 2 is 1.53 bits per heavy atom. The number of aliphatic hydroxyl groups excluding tert-OH is 1. The predicted molar refractivity (Wildman–Crippen MR) is 198 cm³/mol. The lowest BCUT2D eigenvalue weighted by Crippen LogP contribution is -2.69. The van der Waals surface area contributed by atoms with E-state index in [-0.39, 0.29) is 79.4 Å². The largest absolute Gasteiger partial charge is 0.396 e. The Balaban J connectivity index is 0.944. The standard InChI is InChI=1S/C43H64O10/c1-7-8-9-10-11-14-34-39(2,45)19-18-29-31(48-34)23-36-43(6,51-29)26-42(5)35(50-36)16-15-28-32(52-42)22-30-33(47-28)25-41(4)38(49-30)24-37-40(3,53-41)20-17-27(46-37)13-12-21-44/h7,9-11,14,18-19,27-38,44-45H,1,8,12-13,15-17,20-26H2,2-6H3/b10-9-,14-11-/t27-,28+,29+,30+,31-,32-,33-,34+,35-,36+,37+,38-,39-,40-,41+,42+,43-/m0/s1. The maximum atomic E-state index is 11.3. The highest BCUT2D eigenvalue weighted by molar-refractivity contribution is 5.20. The fourth-order valence-corrected chi connectivity index (χ4v) is 11.0. The molecule has 8 aliphatic heterocycles. The first kappa shape index (κ1) is 38.4. The van der Waals surface area contributed by atoms with E-state index in [1.807, 2.05) is 42.5 Å². The number of aliphatic hydroxyl groups is 2. The van der Waals surface area contributed by atoms with Gasteiger partial charge in [0.1, 0.15) is 17.8 Å². The predicted octanol–water partition coefficient (Wildman–Crippen LogP) is 5.97. The van der Waals surface area contributed by atoms with Crippen molar-refractivity contribution in [2.45, 2.75) is 213 Å². The Hall–Kier alpha value is -1.44. The third-order valence-corrected chi connectivity index (χ3v) is 14.0. The quantitative estimate of drug-likeness (QED) is 0.239. The van der Waals surface area contributed by atoms with Crippen LogP contribution in [0.3, 0.4) is 0 Å². The topological polar surface area (TPSA) is 114 Å². The van der Waals surface area contributed by atoms with Gasteiger partial charge in [-0.25, -0.2) is 0 Å². The highest BCUT2D eigenvalue weighted by Crippen LogP contribution is 2.54. The number of ether oxygens (including phenoxy) is 8. The molecule has 0 spiro atoms. The summed E-state index contributed by atoms with van der Waals surface area (Å²) < 4.78 is 55.2. The lowest BCUT2D eigenvalue weighted by atomic mass is 9.73. The number of hydrogen-bond donors (Lipinski definition) is 2. The summed E-state index contributed by atoms with van der Waals surface area (Å²) in [7, 11) is 0. The first-order valence-electron chi connectivity index (χ1n) is 20.5. The van der Waals surface area contributed by atoms with Crippen molar-refractivity contribution in [3.8, 4) is 0 Å². The zero-order valence-electron chi connectivity index (χ0n) is 32.5. The Labute approximate surface area is 316 Å². The van der Waals surface area contributed by atoms with E-state index < -0.39 is 28.5 Å². The fourth-order valence-electron chi connectivity index (χ4n) is 11.0. The summed E-state index contributed by atoms with van der Waals surface area (Å²) in [6, 6.07) is 0. The smallest absolute Gasteiger partial charge is 0.110 e. The summed E-state index contributed by atoms with van der Waals surface area (Å²) >= 11 is 0. The van der Waals surface area contributed by atoms with Crippen LogP contribution in [0.2, 0.25) is 0 Å². The van der Waals surface area contributed by atoms with E-state index >= 15 is 0 Å². The van der Waals surface area contributed by atoms with Gasteiger partial charge >= 0.3 is 0 Å². The molecule has 0 amide bonds. The fraction of sp³-hybridized carbons (Fsp3) is 0.814.